The SMILES string of the molecule is C[C@H]1CCC[C@H](c2ccc(-c3cc(Cl)ccc3-n3cc(C(F)F)nn3)oc2=O)c2cc(ccn2)-c2c(cnn2C(F)F)NC1=O. The molecule has 0 saturated heterocycles. The van der Waals surface area contributed by atoms with Crippen LogP contribution in [0.15, 0.2) is 70.3 Å². The van der Waals surface area contributed by atoms with E-state index in [2.05, 4.69) is 25.7 Å². The van der Waals surface area contributed by atoms with Crippen molar-refractivity contribution in [2.75, 3.05) is 5.32 Å². The predicted octanol–water partition coefficient (Wildman–Crippen LogP) is 7.02. The molecular weight excluding hydrogens is 618 g/mol. The van der Waals surface area contributed by atoms with Crippen LogP contribution < -0.4 is 10.9 Å². The molecule has 1 amide bonds. The summed E-state index contributed by atoms with van der Waals surface area (Å²) in [5.74, 6) is -1.31. The highest BCUT2D eigenvalue weighted by molar-refractivity contribution is 6.31. The zero-order valence-electron chi connectivity index (χ0n) is 23.5. The molecule has 45 heavy (non-hydrogen) atoms. The van der Waals surface area contributed by atoms with Crippen LogP contribution in [0.5, 0.6) is 0 Å². The molecule has 232 valence electrons. The van der Waals surface area contributed by atoms with Crippen LogP contribution in [0.1, 0.15) is 62.0 Å². The number of amides is 1. The van der Waals surface area contributed by atoms with Crippen LogP contribution in [-0.2, 0) is 4.79 Å². The lowest BCUT2D eigenvalue weighted by Gasteiger charge is -2.20. The highest BCUT2D eigenvalue weighted by Crippen LogP contribution is 2.37. The van der Waals surface area contributed by atoms with Crippen LogP contribution in [0.4, 0.5) is 23.2 Å². The van der Waals surface area contributed by atoms with Crippen molar-refractivity contribution in [3.05, 3.63) is 93.4 Å². The van der Waals surface area contributed by atoms with Crippen LogP contribution in [-0.4, -0.2) is 35.7 Å². The number of alkyl halides is 4. The van der Waals surface area contributed by atoms with Crippen molar-refractivity contribution in [1.82, 2.24) is 29.8 Å². The van der Waals surface area contributed by atoms with Gasteiger partial charge in [-0.1, -0.05) is 30.2 Å². The molecule has 6 rings (SSSR count). The highest BCUT2D eigenvalue weighted by Gasteiger charge is 2.27. The number of pyridine rings is 1. The molecular formula is C30H24ClF4N7O3. The summed E-state index contributed by atoms with van der Waals surface area (Å²) < 4.78 is 61.6. The predicted molar refractivity (Wildman–Crippen MR) is 155 cm³/mol. The quantitative estimate of drug-likeness (QED) is 0.205. The Labute approximate surface area is 257 Å². The van der Waals surface area contributed by atoms with E-state index in [9.17, 15) is 27.2 Å². The molecule has 0 saturated carbocycles. The smallest absolute Gasteiger partial charge is 0.340 e. The number of benzene rings is 1. The summed E-state index contributed by atoms with van der Waals surface area (Å²) >= 11 is 6.23. The van der Waals surface area contributed by atoms with E-state index in [-0.39, 0.29) is 28.6 Å². The molecule has 5 aromatic rings. The average molecular weight is 642 g/mol. The first-order chi connectivity index (χ1) is 21.6. The second-order valence-electron chi connectivity index (χ2n) is 10.6. The van der Waals surface area contributed by atoms with Gasteiger partial charge < -0.3 is 9.73 Å². The number of halogens is 5. The monoisotopic (exact) mass is 641 g/mol. The van der Waals surface area contributed by atoms with Gasteiger partial charge in [0, 0.05) is 45.4 Å². The van der Waals surface area contributed by atoms with E-state index in [4.69, 9.17) is 16.0 Å². The number of carbonyl (C=O) groups excluding carboxylic acids is 1. The van der Waals surface area contributed by atoms with Gasteiger partial charge in [0.1, 0.15) is 11.5 Å². The summed E-state index contributed by atoms with van der Waals surface area (Å²) in [6.45, 7) is -1.24. The topological polar surface area (TPSA) is 121 Å². The fourth-order valence-electron chi connectivity index (χ4n) is 5.38. The molecule has 0 fully saturated rings. The third-order valence-corrected chi connectivity index (χ3v) is 7.90. The summed E-state index contributed by atoms with van der Waals surface area (Å²) in [6.07, 6.45) is 2.25. The van der Waals surface area contributed by atoms with Gasteiger partial charge in [-0.05, 0) is 55.3 Å². The molecule has 4 aromatic heterocycles. The number of fused-ring (bicyclic) bond motifs is 4. The van der Waals surface area contributed by atoms with Gasteiger partial charge in [0.25, 0.3) is 6.43 Å². The largest absolute Gasteiger partial charge is 0.422 e. The fourth-order valence-corrected chi connectivity index (χ4v) is 5.55. The molecule has 1 aromatic carbocycles. The number of rotatable bonds is 5. The van der Waals surface area contributed by atoms with Crippen molar-refractivity contribution < 1.29 is 26.8 Å². The maximum atomic E-state index is 13.9. The Kier molecular flexibility index (Phi) is 8.23. The number of anilines is 1. The van der Waals surface area contributed by atoms with E-state index >= 15 is 0 Å². The van der Waals surface area contributed by atoms with Crippen LogP contribution in [0.2, 0.25) is 5.02 Å². The summed E-state index contributed by atoms with van der Waals surface area (Å²) in [5, 5.41) is 14.1. The zero-order valence-corrected chi connectivity index (χ0v) is 24.3. The number of hydrogen-bond acceptors (Lipinski definition) is 7. The number of aromatic nitrogens is 6. The van der Waals surface area contributed by atoms with Crippen LogP contribution in [0.25, 0.3) is 28.3 Å². The molecule has 2 atom stereocenters. The second-order valence-corrected chi connectivity index (χ2v) is 11.0. The maximum absolute atomic E-state index is 13.9. The van der Waals surface area contributed by atoms with Crippen molar-refractivity contribution in [2.24, 2.45) is 5.92 Å². The van der Waals surface area contributed by atoms with E-state index in [1.54, 1.807) is 25.1 Å². The van der Waals surface area contributed by atoms with Gasteiger partial charge >= 0.3 is 12.2 Å². The maximum Gasteiger partial charge on any atom is 0.340 e. The van der Waals surface area contributed by atoms with Crippen molar-refractivity contribution >= 4 is 23.2 Å². The van der Waals surface area contributed by atoms with Crippen molar-refractivity contribution in [1.29, 1.82) is 0 Å². The van der Waals surface area contributed by atoms with Gasteiger partial charge in [0.05, 0.1) is 29.5 Å². The standard InChI is InChI=1S/C30H24ClF4N7O3/c1-15-3-2-4-18(21-11-16(9-10-36-21)26-22(38-28(15)43)13-37-42(26)30(34)35)19-6-8-25(45-29(19)44)20-12-17(31)5-7-24(20)41-14-23(27(32)33)39-40-41/h5-15,18,27,30H,2-4H2,1H3,(H,38,43)/t15-,18+/m0/s1. The minimum absolute atomic E-state index is 0.00695. The van der Waals surface area contributed by atoms with Crippen molar-refractivity contribution in [3.63, 3.8) is 0 Å². The lowest BCUT2D eigenvalue weighted by Crippen LogP contribution is -2.22. The van der Waals surface area contributed by atoms with Crippen LogP contribution in [0, 0.1) is 5.92 Å². The molecule has 1 N–H and O–H groups in total. The van der Waals surface area contributed by atoms with Crippen LogP contribution >= 0.6 is 11.6 Å². The Hall–Kier alpha value is -4.85. The third-order valence-electron chi connectivity index (χ3n) is 7.66. The number of nitrogens with zero attached hydrogens (tertiary/aromatic N) is 6. The highest BCUT2D eigenvalue weighted by atomic mass is 35.5. The fraction of sp³-hybridized carbons (Fsp3) is 0.267. The summed E-state index contributed by atoms with van der Waals surface area (Å²) in [6, 6.07) is 10.8. The number of nitrogens with one attached hydrogen (secondary N) is 1. The van der Waals surface area contributed by atoms with Gasteiger partial charge in [-0.25, -0.2) is 22.9 Å². The Morgan fingerprint density at radius 1 is 1.07 bits per heavy atom. The minimum Gasteiger partial charge on any atom is -0.422 e. The zero-order chi connectivity index (χ0) is 31.8. The van der Waals surface area contributed by atoms with Gasteiger partial charge in [0.15, 0.2) is 0 Å². The van der Waals surface area contributed by atoms with Crippen molar-refractivity contribution in [2.45, 2.75) is 45.1 Å². The second kappa shape index (κ2) is 12.3. The normalized spacial score (nSPS) is 17.1. The van der Waals surface area contributed by atoms with Gasteiger partial charge in [-0.2, -0.15) is 13.9 Å². The molecule has 1 aliphatic heterocycles. The molecule has 2 bridgehead atoms. The number of hydrogen-bond donors (Lipinski definition) is 1. The van der Waals surface area contributed by atoms with Gasteiger partial charge in [0.2, 0.25) is 5.91 Å². The molecule has 0 spiro atoms. The molecule has 15 heteroatoms. The van der Waals surface area contributed by atoms with E-state index in [0.717, 1.165) is 10.9 Å². The van der Waals surface area contributed by atoms with E-state index in [1.807, 2.05) is 0 Å². The van der Waals surface area contributed by atoms with Gasteiger partial charge in [-0.15, -0.1) is 5.10 Å². The third kappa shape index (κ3) is 5.97. The van der Waals surface area contributed by atoms with E-state index in [0.29, 0.717) is 51.5 Å². The van der Waals surface area contributed by atoms with Crippen molar-refractivity contribution in [3.8, 4) is 28.3 Å². The molecule has 0 aliphatic carbocycles. The summed E-state index contributed by atoms with van der Waals surface area (Å²) in [7, 11) is 0. The first-order valence-corrected chi connectivity index (χ1v) is 14.3. The Morgan fingerprint density at radius 3 is 2.62 bits per heavy atom. The first-order valence-electron chi connectivity index (χ1n) is 13.9. The van der Waals surface area contributed by atoms with Crippen LogP contribution in [0.3, 0.4) is 0 Å². The molecule has 0 radical (unpaired) electrons. The number of carbonyl (C=O) groups is 1. The molecule has 1 aliphatic rings. The lowest BCUT2D eigenvalue weighted by atomic mass is 9.88. The van der Waals surface area contributed by atoms with E-state index in [1.165, 1.54) is 36.7 Å². The van der Waals surface area contributed by atoms with E-state index < -0.39 is 36.1 Å². The summed E-state index contributed by atoms with van der Waals surface area (Å²) in [5.41, 5.74) is 0.543. The molecule has 0 unspecified atom stereocenters. The lowest BCUT2D eigenvalue weighted by molar-refractivity contribution is -0.119. The Balaban J connectivity index is 1.43. The Bertz CT molecular complexity index is 1940. The minimum atomic E-state index is -2.97. The first kappa shape index (κ1) is 30.2. The Morgan fingerprint density at radius 2 is 1.89 bits per heavy atom. The molecule has 10 nitrogen and oxygen atoms in total. The average Bonchev–Trinajstić information content (AvgIpc) is 3.67. The molecule has 5 heterocycles. The van der Waals surface area contributed by atoms with Gasteiger partial charge in [-0.3, -0.25) is 9.78 Å². The summed E-state index contributed by atoms with van der Waals surface area (Å²) in [4.78, 5) is 31.0.